The minimum atomic E-state index is -4.68. The van der Waals surface area contributed by atoms with Gasteiger partial charge in [0.05, 0.1) is 6.61 Å². The van der Waals surface area contributed by atoms with Gasteiger partial charge in [-0.3, -0.25) is 0 Å². The standard InChI is InChI=1S/C10H10F3O2/c1-2-14-7-8-5-3-4-6-9(8)15-10(11,12)13/h3-6H,1-2,7H2. The van der Waals surface area contributed by atoms with Crippen LogP contribution in [0, 0.1) is 6.92 Å². The molecule has 0 N–H and O–H groups in total. The van der Waals surface area contributed by atoms with Gasteiger partial charge in [-0.1, -0.05) is 18.2 Å². The molecule has 1 radical (unpaired) electrons. The first-order chi connectivity index (χ1) is 7.03. The highest BCUT2D eigenvalue weighted by atomic mass is 19.4. The van der Waals surface area contributed by atoms with E-state index in [1.807, 2.05) is 0 Å². The Bertz CT molecular complexity index is 310. The van der Waals surface area contributed by atoms with Crippen LogP contribution in [0.2, 0.25) is 0 Å². The normalized spacial score (nSPS) is 11.5. The smallest absolute Gasteiger partial charge is 0.405 e. The maximum Gasteiger partial charge on any atom is 0.573 e. The predicted molar refractivity (Wildman–Crippen MR) is 48.1 cm³/mol. The number of hydrogen-bond donors (Lipinski definition) is 0. The summed E-state index contributed by atoms with van der Waals surface area (Å²) >= 11 is 0. The summed E-state index contributed by atoms with van der Waals surface area (Å²) < 4.78 is 44.7. The van der Waals surface area contributed by atoms with Crippen molar-refractivity contribution in [2.75, 3.05) is 6.61 Å². The lowest BCUT2D eigenvalue weighted by atomic mass is 10.2. The Morgan fingerprint density at radius 2 is 1.87 bits per heavy atom. The van der Waals surface area contributed by atoms with E-state index in [0.29, 0.717) is 5.56 Å². The summed E-state index contributed by atoms with van der Waals surface area (Å²) in [6.45, 7) is 3.67. The van der Waals surface area contributed by atoms with Gasteiger partial charge >= 0.3 is 6.36 Å². The van der Waals surface area contributed by atoms with Gasteiger partial charge in [0.25, 0.3) is 0 Å². The van der Waals surface area contributed by atoms with E-state index in [9.17, 15) is 13.2 Å². The van der Waals surface area contributed by atoms with Crippen LogP contribution in [0.4, 0.5) is 13.2 Å². The number of alkyl halides is 3. The molecular formula is C10H10F3O2. The SMILES string of the molecule is [CH2]COCc1ccccc1OC(F)(F)F. The monoisotopic (exact) mass is 219 g/mol. The van der Waals surface area contributed by atoms with Crippen LogP contribution in [0.5, 0.6) is 5.75 Å². The largest absolute Gasteiger partial charge is 0.573 e. The molecule has 0 aliphatic carbocycles. The van der Waals surface area contributed by atoms with Gasteiger partial charge in [0.1, 0.15) is 5.75 Å². The molecule has 0 saturated heterocycles. The van der Waals surface area contributed by atoms with Crippen molar-refractivity contribution in [2.24, 2.45) is 0 Å². The maximum absolute atomic E-state index is 12.0. The van der Waals surface area contributed by atoms with E-state index >= 15 is 0 Å². The number of hydrogen-bond acceptors (Lipinski definition) is 2. The third-order valence-corrected chi connectivity index (χ3v) is 1.60. The van der Waals surface area contributed by atoms with E-state index in [4.69, 9.17) is 4.74 Å². The first-order valence-electron chi connectivity index (χ1n) is 4.23. The maximum atomic E-state index is 12.0. The fourth-order valence-corrected chi connectivity index (χ4v) is 1.03. The van der Waals surface area contributed by atoms with Gasteiger partial charge in [-0.2, -0.15) is 0 Å². The van der Waals surface area contributed by atoms with E-state index in [1.165, 1.54) is 18.2 Å². The van der Waals surface area contributed by atoms with Crippen LogP contribution in [0.25, 0.3) is 0 Å². The van der Waals surface area contributed by atoms with Gasteiger partial charge in [0.2, 0.25) is 0 Å². The molecule has 0 fully saturated rings. The van der Waals surface area contributed by atoms with Crippen LogP contribution >= 0.6 is 0 Å². The minimum Gasteiger partial charge on any atom is -0.405 e. The number of rotatable bonds is 4. The molecule has 0 atom stereocenters. The van der Waals surface area contributed by atoms with E-state index < -0.39 is 6.36 Å². The molecule has 0 unspecified atom stereocenters. The molecule has 0 spiro atoms. The van der Waals surface area contributed by atoms with E-state index in [-0.39, 0.29) is 19.0 Å². The molecule has 1 aromatic carbocycles. The fraction of sp³-hybridized carbons (Fsp3) is 0.300. The molecule has 0 aromatic heterocycles. The lowest BCUT2D eigenvalue weighted by Gasteiger charge is -2.12. The van der Waals surface area contributed by atoms with Crippen LogP contribution in [0.1, 0.15) is 5.56 Å². The van der Waals surface area contributed by atoms with Crippen LogP contribution in [-0.2, 0) is 11.3 Å². The average molecular weight is 219 g/mol. The first-order valence-corrected chi connectivity index (χ1v) is 4.23. The molecule has 1 aromatic rings. The number of para-hydroxylation sites is 1. The van der Waals surface area contributed by atoms with Crippen molar-refractivity contribution in [2.45, 2.75) is 13.0 Å². The Kier molecular flexibility index (Phi) is 3.96. The highest BCUT2D eigenvalue weighted by Crippen LogP contribution is 2.26. The van der Waals surface area contributed by atoms with Crippen LogP contribution in [0.15, 0.2) is 24.3 Å². The van der Waals surface area contributed by atoms with Crippen LogP contribution < -0.4 is 4.74 Å². The highest BCUT2D eigenvalue weighted by Gasteiger charge is 2.31. The van der Waals surface area contributed by atoms with Crippen molar-refractivity contribution in [3.63, 3.8) is 0 Å². The summed E-state index contributed by atoms with van der Waals surface area (Å²) in [6.07, 6.45) is -4.68. The Morgan fingerprint density at radius 1 is 1.20 bits per heavy atom. The molecule has 0 heterocycles. The molecule has 15 heavy (non-hydrogen) atoms. The summed E-state index contributed by atoms with van der Waals surface area (Å²) in [5.74, 6) is -0.238. The summed E-state index contributed by atoms with van der Waals surface area (Å²) in [7, 11) is 0. The van der Waals surface area contributed by atoms with Crippen molar-refractivity contribution in [1.29, 1.82) is 0 Å². The van der Waals surface area contributed by atoms with Gasteiger partial charge in [0, 0.05) is 12.2 Å². The highest BCUT2D eigenvalue weighted by molar-refractivity contribution is 5.32. The van der Waals surface area contributed by atoms with E-state index in [1.54, 1.807) is 6.07 Å². The molecule has 0 bridgehead atoms. The van der Waals surface area contributed by atoms with Crippen molar-refractivity contribution in [3.05, 3.63) is 36.8 Å². The quantitative estimate of drug-likeness (QED) is 0.775. The minimum absolute atomic E-state index is 0.0513. The zero-order valence-electron chi connectivity index (χ0n) is 7.88. The predicted octanol–water partition coefficient (Wildman–Crippen LogP) is 2.94. The van der Waals surface area contributed by atoms with Crippen molar-refractivity contribution in [1.82, 2.24) is 0 Å². The summed E-state index contributed by atoms with van der Waals surface area (Å²) in [5, 5.41) is 0. The first kappa shape index (κ1) is 11.8. The second-order valence-electron chi connectivity index (χ2n) is 2.71. The Labute approximate surface area is 85.6 Å². The molecule has 83 valence electrons. The molecule has 0 amide bonds. The van der Waals surface area contributed by atoms with Crippen LogP contribution in [-0.4, -0.2) is 13.0 Å². The molecule has 0 saturated carbocycles. The summed E-state index contributed by atoms with van der Waals surface area (Å²) in [5.41, 5.74) is 0.346. The Balaban J connectivity index is 2.77. The number of ether oxygens (including phenoxy) is 2. The molecule has 0 aliphatic heterocycles. The number of benzene rings is 1. The molecule has 5 heteroatoms. The zero-order valence-corrected chi connectivity index (χ0v) is 7.88. The lowest BCUT2D eigenvalue weighted by Crippen LogP contribution is -2.18. The second-order valence-corrected chi connectivity index (χ2v) is 2.71. The third kappa shape index (κ3) is 4.20. The second kappa shape index (κ2) is 5.02. The van der Waals surface area contributed by atoms with Gasteiger partial charge in [0.15, 0.2) is 0 Å². The topological polar surface area (TPSA) is 18.5 Å². The van der Waals surface area contributed by atoms with E-state index in [0.717, 1.165) is 0 Å². The molecule has 0 aliphatic rings. The summed E-state index contributed by atoms with van der Waals surface area (Å²) in [4.78, 5) is 0. The van der Waals surface area contributed by atoms with Crippen molar-refractivity contribution < 1.29 is 22.6 Å². The van der Waals surface area contributed by atoms with Crippen LogP contribution in [0.3, 0.4) is 0 Å². The average Bonchev–Trinajstić information content (AvgIpc) is 2.14. The Hall–Kier alpha value is -1.23. The summed E-state index contributed by atoms with van der Waals surface area (Å²) in [6, 6.07) is 5.84. The zero-order chi connectivity index (χ0) is 11.3. The number of halogens is 3. The lowest BCUT2D eigenvalue weighted by molar-refractivity contribution is -0.275. The van der Waals surface area contributed by atoms with Gasteiger partial charge in [-0.25, -0.2) is 0 Å². The fourth-order valence-electron chi connectivity index (χ4n) is 1.03. The van der Waals surface area contributed by atoms with Gasteiger partial charge in [-0.15, -0.1) is 13.2 Å². The Morgan fingerprint density at radius 3 is 2.47 bits per heavy atom. The third-order valence-electron chi connectivity index (χ3n) is 1.60. The van der Waals surface area contributed by atoms with Crippen molar-refractivity contribution >= 4 is 0 Å². The van der Waals surface area contributed by atoms with Gasteiger partial charge < -0.3 is 9.47 Å². The molecule has 1 rings (SSSR count). The molecule has 2 nitrogen and oxygen atoms in total. The van der Waals surface area contributed by atoms with E-state index in [2.05, 4.69) is 11.7 Å². The van der Waals surface area contributed by atoms with Gasteiger partial charge in [-0.05, 0) is 13.0 Å². The molecular weight excluding hydrogens is 209 g/mol. The van der Waals surface area contributed by atoms with Crippen molar-refractivity contribution in [3.8, 4) is 5.75 Å².